The molecule has 4 rings (SSSR count). The minimum absolute atomic E-state index is 0.105. The van der Waals surface area contributed by atoms with Crippen LogP contribution in [0.2, 0.25) is 5.02 Å². The number of rotatable bonds is 9. The van der Waals surface area contributed by atoms with Crippen LogP contribution in [0.1, 0.15) is 38.3 Å². The Morgan fingerprint density at radius 1 is 1.27 bits per heavy atom. The molecular formula is C21H27ClN6O2. The first-order chi connectivity index (χ1) is 14.5. The Morgan fingerprint density at radius 3 is 2.83 bits per heavy atom. The van der Waals surface area contributed by atoms with E-state index in [2.05, 4.69) is 33.5 Å². The summed E-state index contributed by atoms with van der Waals surface area (Å²) in [5.41, 5.74) is 1.36. The molecule has 1 aliphatic carbocycles. The van der Waals surface area contributed by atoms with Crippen molar-refractivity contribution in [3.8, 4) is 0 Å². The highest BCUT2D eigenvalue weighted by atomic mass is 35.5. The van der Waals surface area contributed by atoms with Crippen molar-refractivity contribution in [1.29, 1.82) is 0 Å². The number of halogens is 1. The van der Waals surface area contributed by atoms with Crippen LogP contribution in [-0.2, 0) is 6.42 Å². The van der Waals surface area contributed by atoms with E-state index in [-0.39, 0.29) is 10.7 Å². The Bertz CT molecular complexity index is 920. The summed E-state index contributed by atoms with van der Waals surface area (Å²) >= 11 is 5.92. The van der Waals surface area contributed by atoms with Gasteiger partial charge in [-0.15, -0.1) is 0 Å². The maximum Gasteiger partial charge on any atom is 0.289 e. The summed E-state index contributed by atoms with van der Waals surface area (Å²) in [5.74, 6) is 2.21. The number of nitro benzene ring substituents is 1. The van der Waals surface area contributed by atoms with Crippen molar-refractivity contribution in [2.45, 2.75) is 45.1 Å². The summed E-state index contributed by atoms with van der Waals surface area (Å²) in [5, 5.41) is 18.1. The van der Waals surface area contributed by atoms with E-state index < -0.39 is 4.92 Å². The molecule has 1 saturated carbocycles. The van der Waals surface area contributed by atoms with Crippen molar-refractivity contribution in [2.75, 3.05) is 29.9 Å². The molecule has 0 radical (unpaired) electrons. The molecule has 8 nitrogen and oxygen atoms in total. The summed E-state index contributed by atoms with van der Waals surface area (Å²) in [6, 6.07) is 7.16. The zero-order chi connectivity index (χ0) is 21.1. The lowest BCUT2D eigenvalue weighted by molar-refractivity contribution is -0.384. The van der Waals surface area contributed by atoms with E-state index >= 15 is 0 Å². The Morgan fingerprint density at radius 2 is 2.10 bits per heavy atom. The molecule has 30 heavy (non-hydrogen) atoms. The predicted molar refractivity (Wildman–Crippen MR) is 119 cm³/mol. The van der Waals surface area contributed by atoms with Crippen LogP contribution >= 0.6 is 11.6 Å². The van der Waals surface area contributed by atoms with E-state index in [4.69, 9.17) is 16.6 Å². The number of nitrogens with one attached hydrogen (secondary N) is 2. The van der Waals surface area contributed by atoms with Gasteiger partial charge < -0.3 is 15.5 Å². The van der Waals surface area contributed by atoms with Crippen LogP contribution in [0.3, 0.4) is 0 Å². The van der Waals surface area contributed by atoms with Crippen molar-refractivity contribution < 1.29 is 4.92 Å². The first kappa shape index (κ1) is 20.8. The molecule has 9 heteroatoms. The normalized spacial score (nSPS) is 18.6. The van der Waals surface area contributed by atoms with E-state index in [0.717, 1.165) is 56.3 Å². The van der Waals surface area contributed by atoms with E-state index in [0.29, 0.717) is 17.7 Å². The van der Waals surface area contributed by atoms with Crippen molar-refractivity contribution in [3.63, 3.8) is 0 Å². The number of aromatic nitrogens is 2. The maximum absolute atomic E-state index is 11.2. The van der Waals surface area contributed by atoms with Crippen LogP contribution in [0.4, 0.5) is 23.1 Å². The lowest BCUT2D eigenvalue weighted by Crippen LogP contribution is -2.34. The molecule has 2 aromatic rings. The topological polar surface area (TPSA) is 96.2 Å². The third-order valence-electron chi connectivity index (χ3n) is 5.58. The Labute approximate surface area is 181 Å². The van der Waals surface area contributed by atoms with Crippen LogP contribution in [0, 0.1) is 16.0 Å². The lowest BCUT2D eigenvalue weighted by Gasteiger charge is -2.20. The van der Waals surface area contributed by atoms with Gasteiger partial charge in [-0.05, 0) is 50.3 Å². The SMILES string of the molecule is CCCc1cc(N2CC[C@H](NCC3CC3)C2)nc(Nc2ccc(Cl)c([N+](=O)[O-])c2)n1. The van der Waals surface area contributed by atoms with Crippen molar-refractivity contribution in [3.05, 3.63) is 45.1 Å². The first-order valence-corrected chi connectivity index (χ1v) is 11.0. The fourth-order valence-electron chi connectivity index (χ4n) is 3.73. The van der Waals surface area contributed by atoms with E-state index in [9.17, 15) is 10.1 Å². The molecular weight excluding hydrogens is 404 g/mol. The molecule has 2 N–H and O–H groups in total. The van der Waals surface area contributed by atoms with Gasteiger partial charge in [-0.25, -0.2) is 4.98 Å². The van der Waals surface area contributed by atoms with E-state index in [1.807, 2.05) is 0 Å². The molecule has 0 amide bonds. The quantitative estimate of drug-likeness (QED) is 0.451. The molecule has 160 valence electrons. The fourth-order valence-corrected chi connectivity index (χ4v) is 3.92. The van der Waals surface area contributed by atoms with Crippen molar-refractivity contribution in [2.24, 2.45) is 5.92 Å². The van der Waals surface area contributed by atoms with Gasteiger partial charge in [-0.3, -0.25) is 10.1 Å². The second kappa shape index (κ2) is 9.14. The van der Waals surface area contributed by atoms with Gasteiger partial charge in [-0.2, -0.15) is 4.98 Å². The number of aryl methyl sites for hydroxylation is 1. The van der Waals surface area contributed by atoms with Gasteiger partial charge in [-0.1, -0.05) is 24.9 Å². The molecule has 2 heterocycles. The molecule has 2 aliphatic rings. The van der Waals surface area contributed by atoms with Gasteiger partial charge >= 0.3 is 0 Å². The largest absolute Gasteiger partial charge is 0.355 e. The number of anilines is 3. The maximum atomic E-state index is 11.2. The summed E-state index contributed by atoms with van der Waals surface area (Å²) in [6.45, 7) is 5.12. The molecule has 1 aromatic carbocycles. The number of hydrogen-bond donors (Lipinski definition) is 2. The molecule has 1 aliphatic heterocycles. The van der Waals surface area contributed by atoms with Crippen LogP contribution in [0.5, 0.6) is 0 Å². The third-order valence-corrected chi connectivity index (χ3v) is 5.89. The van der Waals surface area contributed by atoms with Crippen molar-refractivity contribution >= 4 is 34.7 Å². The minimum Gasteiger partial charge on any atom is -0.355 e. The molecule has 1 saturated heterocycles. The molecule has 2 fully saturated rings. The van der Waals surface area contributed by atoms with Gasteiger partial charge in [0, 0.05) is 42.6 Å². The Balaban J connectivity index is 1.51. The zero-order valence-corrected chi connectivity index (χ0v) is 17.9. The molecule has 1 aromatic heterocycles. The monoisotopic (exact) mass is 430 g/mol. The first-order valence-electron chi connectivity index (χ1n) is 10.6. The lowest BCUT2D eigenvalue weighted by atomic mass is 10.2. The standard InChI is InChI=1S/C21H27ClN6O2/c1-2-3-15-11-20(27-9-8-17(13-27)23-12-14-4-5-14)26-21(24-15)25-16-6-7-18(22)19(10-16)28(29)30/h6-7,10-11,14,17,23H,2-5,8-9,12-13H2,1H3,(H,24,25,26)/t17-/m0/s1. The zero-order valence-electron chi connectivity index (χ0n) is 17.1. The Hall–Kier alpha value is -2.45. The van der Waals surface area contributed by atoms with Gasteiger partial charge in [0.05, 0.1) is 4.92 Å². The van der Waals surface area contributed by atoms with E-state index in [1.54, 1.807) is 6.07 Å². The predicted octanol–water partition coefficient (Wildman–Crippen LogP) is 4.31. The Kier molecular flexibility index (Phi) is 6.34. The number of hydrogen-bond acceptors (Lipinski definition) is 7. The molecule has 0 spiro atoms. The smallest absolute Gasteiger partial charge is 0.289 e. The van der Waals surface area contributed by atoms with E-state index in [1.165, 1.54) is 25.0 Å². The molecule has 0 unspecified atom stereocenters. The fraction of sp³-hybridized carbons (Fsp3) is 0.524. The third kappa shape index (κ3) is 5.17. The summed E-state index contributed by atoms with van der Waals surface area (Å²) in [7, 11) is 0. The van der Waals surface area contributed by atoms with Crippen LogP contribution < -0.4 is 15.5 Å². The number of nitrogens with zero attached hydrogens (tertiary/aromatic N) is 4. The minimum atomic E-state index is -0.494. The average molecular weight is 431 g/mol. The number of nitro groups is 1. The van der Waals surface area contributed by atoms with Gasteiger partial charge in [0.1, 0.15) is 10.8 Å². The molecule has 0 bridgehead atoms. The van der Waals surface area contributed by atoms with Crippen LogP contribution in [0.15, 0.2) is 24.3 Å². The highest BCUT2D eigenvalue weighted by Gasteiger charge is 2.27. The van der Waals surface area contributed by atoms with Crippen LogP contribution in [-0.4, -0.2) is 40.6 Å². The second-order valence-corrected chi connectivity index (χ2v) is 8.53. The van der Waals surface area contributed by atoms with Crippen molar-refractivity contribution in [1.82, 2.24) is 15.3 Å². The second-order valence-electron chi connectivity index (χ2n) is 8.12. The van der Waals surface area contributed by atoms with Gasteiger partial charge in [0.2, 0.25) is 5.95 Å². The van der Waals surface area contributed by atoms with Crippen LogP contribution in [0.25, 0.3) is 0 Å². The molecule has 1 atom stereocenters. The van der Waals surface area contributed by atoms with Gasteiger partial charge in [0.25, 0.3) is 5.69 Å². The highest BCUT2D eigenvalue weighted by Crippen LogP contribution is 2.30. The summed E-state index contributed by atoms with van der Waals surface area (Å²) in [6.07, 6.45) is 5.64. The highest BCUT2D eigenvalue weighted by molar-refractivity contribution is 6.32. The average Bonchev–Trinajstić information content (AvgIpc) is 3.43. The summed E-state index contributed by atoms with van der Waals surface area (Å²) < 4.78 is 0. The summed E-state index contributed by atoms with van der Waals surface area (Å²) in [4.78, 5) is 22.3. The number of benzene rings is 1. The van der Waals surface area contributed by atoms with Gasteiger partial charge in [0.15, 0.2) is 0 Å².